The van der Waals surface area contributed by atoms with Crippen molar-refractivity contribution in [2.45, 2.75) is 59.3 Å². The minimum atomic E-state index is 1.36. The van der Waals surface area contributed by atoms with E-state index in [2.05, 4.69) is 11.8 Å². The van der Waals surface area contributed by atoms with Gasteiger partial charge in [0.05, 0.1) is 0 Å². The second kappa shape index (κ2) is 10.0. The van der Waals surface area contributed by atoms with Gasteiger partial charge in [-0.3, -0.25) is 0 Å². The lowest BCUT2D eigenvalue weighted by Crippen LogP contribution is -2.20. The molecule has 13 heavy (non-hydrogen) atoms. The Balaban J connectivity index is 0.000000671. The zero-order valence-corrected chi connectivity index (χ0v) is 9.81. The lowest BCUT2D eigenvalue weighted by Gasteiger charge is -2.13. The van der Waals surface area contributed by atoms with Gasteiger partial charge in [-0.05, 0) is 38.9 Å². The van der Waals surface area contributed by atoms with Gasteiger partial charge in [0.2, 0.25) is 0 Å². The van der Waals surface area contributed by atoms with E-state index in [9.17, 15) is 0 Å². The number of hydrogen-bond donors (Lipinski definition) is 0. The van der Waals surface area contributed by atoms with Gasteiger partial charge in [0, 0.05) is 0 Å². The van der Waals surface area contributed by atoms with E-state index in [0.717, 1.165) is 0 Å². The SMILES string of the molecule is CC.CCCCCCN1CCCC1. The standard InChI is InChI=1S/C10H21N.C2H6/c1-2-3-4-5-8-11-9-6-7-10-11;1-2/h2-10H2,1H3;1-2H3. The van der Waals surface area contributed by atoms with Crippen molar-refractivity contribution in [1.29, 1.82) is 0 Å². The minimum absolute atomic E-state index is 1.36. The molecule has 1 heterocycles. The zero-order chi connectivity index (χ0) is 9.94. The minimum Gasteiger partial charge on any atom is -0.303 e. The van der Waals surface area contributed by atoms with E-state index in [1.165, 1.54) is 58.2 Å². The molecule has 0 aromatic carbocycles. The molecule has 0 amide bonds. The van der Waals surface area contributed by atoms with Crippen LogP contribution in [0.1, 0.15) is 59.3 Å². The van der Waals surface area contributed by atoms with Gasteiger partial charge in [-0.25, -0.2) is 0 Å². The fraction of sp³-hybridized carbons (Fsp3) is 1.00. The Morgan fingerprint density at radius 2 is 1.54 bits per heavy atom. The summed E-state index contributed by atoms with van der Waals surface area (Å²) in [7, 11) is 0. The second-order valence-corrected chi connectivity index (χ2v) is 3.61. The molecule has 80 valence electrons. The van der Waals surface area contributed by atoms with E-state index >= 15 is 0 Å². The van der Waals surface area contributed by atoms with Gasteiger partial charge in [0.25, 0.3) is 0 Å². The highest BCUT2D eigenvalue weighted by Crippen LogP contribution is 2.09. The van der Waals surface area contributed by atoms with E-state index in [1.54, 1.807) is 0 Å². The monoisotopic (exact) mass is 185 g/mol. The first-order valence-electron chi connectivity index (χ1n) is 6.16. The second-order valence-electron chi connectivity index (χ2n) is 3.61. The van der Waals surface area contributed by atoms with Crippen molar-refractivity contribution in [3.63, 3.8) is 0 Å². The summed E-state index contributed by atoms with van der Waals surface area (Å²) in [6.07, 6.45) is 8.52. The maximum absolute atomic E-state index is 2.61. The highest BCUT2D eigenvalue weighted by Gasteiger charge is 2.09. The first-order valence-corrected chi connectivity index (χ1v) is 6.16. The molecule has 0 spiro atoms. The molecule has 0 atom stereocenters. The summed E-state index contributed by atoms with van der Waals surface area (Å²) in [5.74, 6) is 0. The molecule has 0 radical (unpaired) electrons. The fourth-order valence-electron chi connectivity index (χ4n) is 1.77. The van der Waals surface area contributed by atoms with E-state index in [0.29, 0.717) is 0 Å². The highest BCUT2D eigenvalue weighted by molar-refractivity contribution is 4.65. The molecule has 0 saturated carbocycles. The van der Waals surface area contributed by atoms with Crippen LogP contribution < -0.4 is 0 Å². The predicted molar refractivity (Wildman–Crippen MR) is 61.2 cm³/mol. The zero-order valence-electron chi connectivity index (χ0n) is 9.81. The van der Waals surface area contributed by atoms with Crippen LogP contribution in [-0.2, 0) is 0 Å². The van der Waals surface area contributed by atoms with Gasteiger partial charge in [-0.1, -0.05) is 40.0 Å². The first-order chi connectivity index (χ1) is 6.43. The summed E-state index contributed by atoms with van der Waals surface area (Å²) in [5, 5.41) is 0. The summed E-state index contributed by atoms with van der Waals surface area (Å²) < 4.78 is 0. The van der Waals surface area contributed by atoms with Crippen molar-refractivity contribution in [3.8, 4) is 0 Å². The Hall–Kier alpha value is -0.0400. The van der Waals surface area contributed by atoms with Gasteiger partial charge in [0.1, 0.15) is 0 Å². The molecule has 1 rings (SSSR count). The van der Waals surface area contributed by atoms with E-state index in [4.69, 9.17) is 0 Å². The molecular formula is C12H27N. The largest absolute Gasteiger partial charge is 0.303 e. The number of nitrogens with zero attached hydrogens (tertiary/aromatic N) is 1. The number of unbranched alkanes of at least 4 members (excludes halogenated alkanes) is 3. The normalized spacial score (nSPS) is 16.8. The predicted octanol–water partition coefficient (Wildman–Crippen LogP) is 3.69. The Labute approximate surface area is 84.5 Å². The summed E-state index contributed by atoms with van der Waals surface area (Å²) in [6.45, 7) is 10.4. The van der Waals surface area contributed by atoms with Gasteiger partial charge in [-0.2, -0.15) is 0 Å². The van der Waals surface area contributed by atoms with Gasteiger partial charge in [-0.15, -0.1) is 0 Å². The van der Waals surface area contributed by atoms with Gasteiger partial charge >= 0.3 is 0 Å². The van der Waals surface area contributed by atoms with E-state index in [1.807, 2.05) is 13.8 Å². The van der Waals surface area contributed by atoms with Crippen LogP contribution in [-0.4, -0.2) is 24.5 Å². The van der Waals surface area contributed by atoms with Crippen molar-refractivity contribution >= 4 is 0 Å². The van der Waals surface area contributed by atoms with Gasteiger partial charge < -0.3 is 4.90 Å². The molecule has 0 aromatic rings. The third-order valence-corrected chi connectivity index (χ3v) is 2.53. The molecule has 0 aliphatic carbocycles. The molecule has 0 aromatic heterocycles. The van der Waals surface area contributed by atoms with Crippen LogP contribution in [0.4, 0.5) is 0 Å². The highest BCUT2D eigenvalue weighted by atomic mass is 15.1. The summed E-state index contributed by atoms with van der Waals surface area (Å²) in [5.41, 5.74) is 0. The van der Waals surface area contributed by atoms with Crippen LogP contribution in [0.25, 0.3) is 0 Å². The summed E-state index contributed by atoms with van der Waals surface area (Å²) >= 11 is 0. The quantitative estimate of drug-likeness (QED) is 0.590. The molecule has 0 N–H and O–H groups in total. The summed E-state index contributed by atoms with van der Waals surface area (Å²) in [4.78, 5) is 2.61. The molecule has 1 aliphatic heterocycles. The van der Waals surface area contributed by atoms with E-state index in [-0.39, 0.29) is 0 Å². The van der Waals surface area contributed by atoms with Crippen molar-refractivity contribution in [2.75, 3.05) is 19.6 Å². The molecule has 0 bridgehead atoms. The average Bonchev–Trinajstić information content (AvgIpc) is 2.68. The number of rotatable bonds is 5. The lowest BCUT2D eigenvalue weighted by molar-refractivity contribution is 0.328. The molecule has 1 aliphatic rings. The van der Waals surface area contributed by atoms with Crippen LogP contribution in [0, 0.1) is 0 Å². The van der Waals surface area contributed by atoms with Crippen LogP contribution in [0.3, 0.4) is 0 Å². The van der Waals surface area contributed by atoms with Crippen LogP contribution >= 0.6 is 0 Å². The van der Waals surface area contributed by atoms with Gasteiger partial charge in [0.15, 0.2) is 0 Å². The molecular weight excluding hydrogens is 158 g/mol. The van der Waals surface area contributed by atoms with Crippen molar-refractivity contribution in [1.82, 2.24) is 4.90 Å². The topological polar surface area (TPSA) is 3.24 Å². The van der Waals surface area contributed by atoms with Crippen LogP contribution in [0.15, 0.2) is 0 Å². The Bertz CT molecular complexity index is 85.1. The summed E-state index contributed by atoms with van der Waals surface area (Å²) in [6, 6.07) is 0. The van der Waals surface area contributed by atoms with Crippen molar-refractivity contribution in [3.05, 3.63) is 0 Å². The maximum Gasteiger partial charge on any atom is -0.00183 e. The van der Waals surface area contributed by atoms with Crippen LogP contribution in [0.2, 0.25) is 0 Å². The Morgan fingerprint density at radius 3 is 2.08 bits per heavy atom. The fourth-order valence-corrected chi connectivity index (χ4v) is 1.77. The third kappa shape index (κ3) is 7.06. The van der Waals surface area contributed by atoms with Crippen LogP contribution in [0.5, 0.6) is 0 Å². The van der Waals surface area contributed by atoms with Crippen molar-refractivity contribution in [2.24, 2.45) is 0 Å². The smallest absolute Gasteiger partial charge is 0.00183 e. The first kappa shape index (κ1) is 13.0. The Kier molecular flexibility index (Phi) is 10.0. The third-order valence-electron chi connectivity index (χ3n) is 2.53. The number of likely N-dealkylation sites (tertiary alicyclic amines) is 1. The lowest BCUT2D eigenvalue weighted by atomic mass is 10.2. The Morgan fingerprint density at radius 1 is 0.923 bits per heavy atom. The maximum atomic E-state index is 2.61. The molecule has 1 saturated heterocycles. The number of hydrogen-bond acceptors (Lipinski definition) is 1. The van der Waals surface area contributed by atoms with E-state index < -0.39 is 0 Å². The molecule has 1 nitrogen and oxygen atoms in total. The van der Waals surface area contributed by atoms with Crippen molar-refractivity contribution < 1.29 is 0 Å². The molecule has 1 fully saturated rings. The molecule has 0 unspecified atom stereocenters. The molecule has 1 heteroatoms. The average molecular weight is 185 g/mol.